The standard InChI is InChI=1S/C18H30N4OS.HI/c1-19-17(20-14-16-6-5-11-23-16)21-15-18(7-3-2-4-8-18)22-9-12-24-13-10-22;/h5-6,11H,2-4,7-10,12-15H2,1H3,(H2,19,20,21);1H. The van der Waals surface area contributed by atoms with Crippen LogP contribution in [-0.4, -0.2) is 54.6 Å². The second-order valence-electron chi connectivity index (χ2n) is 6.74. The molecule has 1 aliphatic carbocycles. The van der Waals surface area contributed by atoms with Gasteiger partial charge in [0.1, 0.15) is 5.76 Å². The van der Waals surface area contributed by atoms with E-state index in [9.17, 15) is 0 Å². The van der Waals surface area contributed by atoms with Crippen molar-refractivity contribution in [3.63, 3.8) is 0 Å². The average Bonchev–Trinajstić information content (AvgIpc) is 3.17. The van der Waals surface area contributed by atoms with E-state index in [1.165, 1.54) is 56.7 Å². The predicted molar refractivity (Wildman–Crippen MR) is 117 cm³/mol. The van der Waals surface area contributed by atoms with Gasteiger partial charge in [-0.15, -0.1) is 24.0 Å². The van der Waals surface area contributed by atoms with E-state index < -0.39 is 0 Å². The van der Waals surface area contributed by atoms with Gasteiger partial charge in [-0.1, -0.05) is 19.3 Å². The Hall–Kier alpha value is -0.410. The first kappa shape index (κ1) is 20.9. The van der Waals surface area contributed by atoms with E-state index in [1.54, 1.807) is 6.26 Å². The van der Waals surface area contributed by atoms with Crippen LogP contribution in [0.2, 0.25) is 0 Å². The lowest BCUT2D eigenvalue weighted by Gasteiger charge is -2.48. The summed E-state index contributed by atoms with van der Waals surface area (Å²) in [6.45, 7) is 4.10. The fourth-order valence-electron chi connectivity index (χ4n) is 3.91. The molecular formula is C18H31IN4OS. The van der Waals surface area contributed by atoms with Gasteiger partial charge in [-0.2, -0.15) is 11.8 Å². The highest BCUT2D eigenvalue weighted by Crippen LogP contribution is 2.34. The van der Waals surface area contributed by atoms with E-state index in [0.29, 0.717) is 12.1 Å². The third-order valence-corrected chi connectivity index (χ3v) is 6.23. The Labute approximate surface area is 172 Å². The van der Waals surface area contributed by atoms with Gasteiger partial charge in [0.15, 0.2) is 5.96 Å². The van der Waals surface area contributed by atoms with Crippen molar-refractivity contribution in [2.24, 2.45) is 4.99 Å². The minimum absolute atomic E-state index is 0. The zero-order chi connectivity index (χ0) is 16.7. The molecule has 0 unspecified atom stereocenters. The van der Waals surface area contributed by atoms with Crippen LogP contribution in [0.15, 0.2) is 27.8 Å². The van der Waals surface area contributed by atoms with Crippen LogP contribution < -0.4 is 10.6 Å². The largest absolute Gasteiger partial charge is 0.467 e. The summed E-state index contributed by atoms with van der Waals surface area (Å²) in [5.41, 5.74) is 0.307. The summed E-state index contributed by atoms with van der Waals surface area (Å²) in [4.78, 5) is 7.12. The summed E-state index contributed by atoms with van der Waals surface area (Å²) in [7, 11) is 1.84. The first-order chi connectivity index (χ1) is 11.8. The molecule has 5 nitrogen and oxygen atoms in total. The van der Waals surface area contributed by atoms with Gasteiger partial charge in [0.2, 0.25) is 0 Å². The Morgan fingerprint density at radius 1 is 1.24 bits per heavy atom. The maximum atomic E-state index is 5.38. The molecule has 1 aliphatic heterocycles. The molecule has 2 heterocycles. The second kappa shape index (κ2) is 10.7. The lowest BCUT2D eigenvalue weighted by atomic mass is 9.80. The summed E-state index contributed by atoms with van der Waals surface area (Å²) in [5, 5.41) is 6.94. The molecule has 2 aliphatic rings. The molecular weight excluding hydrogens is 447 g/mol. The molecule has 1 saturated carbocycles. The number of aliphatic imine (C=N–C) groups is 1. The molecule has 1 aromatic heterocycles. The van der Waals surface area contributed by atoms with Gasteiger partial charge < -0.3 is 15.1 Å². The minimum atomic E-state index is 0. The van der Waals surface area contributed by atoms with Gasteiger partial charge in [0.05, 0.1) is 12.8 Å². The van der Waals surface area contributed by atoms with Crippen LogP contribution in [0, 0.1) is 0 Å². The van der Waals surface area contributed by atoms with Crippen molar-refractivity contribution in [2.75, 3.05) is 38.2 Å². The molecule has 0 amide bonds. The molecule has 0 aromatic carbocycles. The van der Waals surface area contributed by atoms with Crippen molar-refractivity contribution in [2.45, 2.75) is 44.2 Å². The van der Waals surface area contributed by atoms with E-state index in [1.807, 2.05) is 19.2 Å². The number of furan rings is 1. The fourth-order valence-corrected chi connectivity index (χ4v) is 4.81. The third-order valence-electron chi connectivity index (χ3n) is 5.28. The predicted octanol–water partition coefficient (Wildman–Crippen LogP) is 3.31. The summed E-state index contributed by atoms with van der Waals surface area (Å²) < 4.78 is 5.38. The van der Waals surface area contributed by atoms with Gasteiger partial charge in [0, 0.05) is 43.7 Å². The number of rotatable bonds is 5. The molecule has 2 fully saturated rings. The van der Waals surface area contributed by atoms with Crippen LogP contribution in [0.1, 0.15) is 37.9 Å². The number of hydrogen-bond donors (Lipinski definition) is 2. The third kappa shape index (κ3) is 5.79. The normalized spacial score (nSPS) is 21.4. The summed E-state index contributed by atoms with van der Waals surface area (Å²) in [5.74, 6) is 4.33. The fraction of sp³-hybridized carbons (Fsp3) is 0.722. The molecule has 1 saturated heterocycles. The summed E-state index contributed by atoms with van der Waals surface area (Å²) >= 11 is 2.09. The lowest BCUT2D eigenvalue weighted by molar-refractivity contribution is 0.0626. The smallest absolute Gasteiger partial charge is 0.191 e. The zero-order valence-corrected chi connectivity index (χ0v) is 18.3. The lowest BCUT2D eigenvalue weighted by Crippen LogP contribution is -2.59. The van der Waals surface area contributed by atoms with Gasteiger partial charge in [0.25, 0.3) is 0 Å². The van der Waals surface area contributed by atoms with Crippen molar-refractivity contribution in [3.05, 3.63) is 24.2 Å². The Morgan fingerprint density at radius 3 is 2.64 bits per heavy atom. The van der Waals surface area contributed by atoms with Crippen LogP contribution in [0.4, 0.5) is 0 Å². The van der Waals surface area contributed by atoms with Crippen molar-refractivity contribution in [1.29, 1.82) is 0 Å². The maximum Gasteiger partial charge on any atom is 0.191 e. The molecule has 142 valence electrons. The van der Waals surface area contributed by atoms with Crippen molar-refractivity contribution in [3.8, 4) is 0 Å². The van der Waals surface area contributed by atoms with Crippen molar-refractivity contribution in [1.82, 2.24) is 15.5 Å². The SMILES string of the molecule is CN=C(NCc1ccco1)NCC1(N2CCSCC2)CCCCC1.I. The molecule has 0 atom stereocenters. The Kier molecular flexibility index (Phi) is 8.92. The maximum absolute atomic E-state index is 5.38. The van der Waals surface area contributed by atoms with Crippen molar-refractivity contribution >= 4 is 41.7 Å². The molecule has 25 heavy (non-hydrogen) atoms. The van der Waals surface area contributed by atoms with Gasteiger partial charge >= 0.3 is 0 Å². The molecule has 7 heteroatoms. The summed E-state index contributed by atoms with van der Waals surface area (Å²) in [6.07, 6.45) is 8.40. The van der Waals surface area contributed by atoms with E-state index in [4.69, 9.17) is 4.42 Å². The van der Waals surface area contributed by atoms with Gasteiger partial charge in [-0.05, 0) is 25.0 Å². The highest BCUT2D eigenvalue weighted by Gasteiger charge is 2.38. The van der Waals surface area contributed by atoms with Crippen LogP contribution in [0.3, 0.4) is 0 Å². The van der Waals surface area contributed by atoms with Crippen molar-refractivity contribution < 1.29 is 4.42 Å². The van der Waals surface area contributed by atoms with Crippen LogP contribution >= 0.6 is 35.7 Å². The Bertz CT molecular complexity index is 511. The summed E-state index contributed by atoms with van der Waals surface area (Å²) in [6, 6.07) is 3.90. The Balaban J connectivity index is 0.00000225. The number of halogens is 1. The minimum Gasteiger partial charge on any atom is -0.467 e. The highest BCUT2D eigenvalue weighted by molar-refractivity contribution is 14.0. The number of guanidine groups is 1. The molecule has 0 radical (unpaired) electrons. The van der Waals surface area contributed by atoms with E-state index >= 15 is 0 Å². The zero-order valence-electron chi connectivity index (χ0n) is 15.1. The Morgan fingerprint density at radius 2 is 2.00 bits per heavy atom. The molecule has 3 rings (SSSR count). The molecule has 1 aromatic rings. The van der Waals surface area contributed by atoms with E-state index in [-0.39, 0.29) is 24.0 Å². The number of hydrogen-bond acceptors (Lipinski definition) is 4. The topological polar surface area (TPSA) is 52.8 Å². The molecule has 2 N–H and O–H groups in total. The van der Waals surface area contributed by atoms with Crippen LogP contribution in [0.5, 0.6) is 0 Å². The quantitative estimate of drug-likeness (QED) is 0.387. The van der Waals surface area contributed by atoms with Crippen LogP contribution in [0.25, 0.3) is 0 Å². The van der Waals surface area contributed by atoms with E-state index in [0.717, 1.165) is 18.3 Å². The highest BCUT2D eigenvalue weighted by atomic mass is 127. The van der Waals surface area contributed by atoms with Gasteiger partial charge in [-0.25, -0.2) is 0 Å². The first-order valence-electron chi connectivity index (χ1n) is 9.12. The number of nitrogens with one attached hydrogen (secondary N) is 2. The second-order valence-corrected chi connectivity index (χ2v) is 7.97. The average molecular weight is 478 g/mol. The molecule has 0 bridgehead atoms. The first-order valence-corrected chi connectivity index (χ1v) is 10.3. The number of thioether (sulfide) groups is 1. The van der Waals surface area contributed by atoms with Crippen LogP contribution in [-0.2, 0) is 6.54 Å². The number of nitrogens with zero attached hydrogens (tertiary/aromatic N) is 2. The van der Waals surface area contributed by atoms with Gasteiger partial charge in [-0.3, -0.25) is 9.89 Å². The molecule has 0 spiro atoms. The van der Waals surface area contributed by atoms with E-state index in [2.05, 4.69) is 32.3 Å². The monoisotopic (exact) mass is 478 g/mol.